The number of aliphatic imine (C=N–C) groups is 5. The minimum absolute atomic E-state index is 0.187. The summed E-state index contributed by atoms with van der Waals surface area (Å²) in [6.45, 7) is 2.14. The van der Waals surface area contributed by atoms with Gasteiger partial charge in [-0.1, -0.05) is 97.1 Å². The second kappa shape index (κ2) is 8.96. The van der Waals surface area contributed by atoms with Crippen molar-refractivity contribution in [3.8, 4) is 0 Å². The third kappa shape index (κ3) is 3.72. The van der Waals surface area contributed by atoms with Gasteiger partial charge in [0.25, 0.3) is 0 Å². The number of hydrogen-bond acceptors (Lipinski definition) is 4. The number of amidine groups is 5. The SMILES string of the molecule is CC1NC(=NC2=NC(=Nc3[nH]c(N=C4N=C(N)c5ccccc54)c4ccccc34)c3ccccc32)c2ccccc21. The Morgan fingerprint density at radius 1 is 0.610 bits per heavy atom. The summed E-state index contributed by atoms with van der Waals surface area (Å²) in [5.74, 6) is 4.43. The smallest absolute Gasteiger partial charge is 0.164 e. The number of aromatic amines is 1. The lowest BCUT2D eigenvalue weighted by Crippen LogP contribution is -2.19. The van der Waals surface area contributed by atoms with E-state index in [0.717, 1.165) is 44.4 Å². The number of benzene rings is 4. The maximum atomic E-state index is 6.18. The molecule has 0 saturated heterocycles. The van der Waals surface area contributed by atoms with Crippen LogP contribution in [0.25, 0.3) is 10.8 Å². The maximum Gasteiger partial charge on any atom is 0.164 e. The van der Waals surface area contributed by atoms with Gasteiger partial charge < -0.3 is 16.0 Å². The lowest BCUT2D eigenvalue weighted by atomic mass is 10.1. The molecule has 8 rings (SSSR count). The van der Waals surface area contributed by atoms with E-state index in [2.05, 4.69) is 40.4 Å². The molecule has 196 valence electrons. The topological polar surface area (TPSA) is 116 Å². The molecule has 0 fully saturated rings. The predicted molar refractivity (Wildman–Crippen MR) is 165 cm³/mol. The van der Waals surface area contributed by atoms with Gasteiger partial charge in [0.05, 0.1) is 6.04 Å². The molecule has 8 heteroatoms. The van der Waals surface area contributed by atoms with Crippen molar-refractivity contribution in [2.45, 2.75) is 13.0 Å². The number of hydrogen-bond donors (Lipinski definition) is 3. The zero-order valence-corrected chi connectivity index (χ0v) is 22.1. The number of rotatable bonds is 2. The van der Waals surface area contributed by atoms with E-state index in [0.29, 0.717) is 35.0 Å². The van der Waals surface area contributed by atoms with E-state index in [1.807, 2.05) is 78.9 Å². The van der Waals surface area contributed by atoms with Crippen molar-refractivity contribution < 1.29 is 0 Å². The highest BCUT2D eigenvalue weighted by atomic mass is 15.1. The summed E-state index contributed by atoms with van der Waals surface area (Å²) >= 11 is 0. The van der Waals surface area contributed by atoms with Gasteiger partial charge in [0.1, 0.15) is 23.3 Å². The minimum Gasteiger partial charge on any atom is -0.383 e. The lowest BCUT2D eigenvalue weighted by Gasteiger charge is -2.04. The molecule has 0 spiro atoms. The zero-order chi connectivity index (χ0) is 27.5. The summed E-state index contributed by atoms with van der Waals surface area (Å²) in [5.41, 5.74) is 12.2. The average Bonchev–Trinajstić information content (AvgIpc) is 3.73. The molecule has 41 heavy (non-hydrogen) atoms. The standard InChI is InChI=1S/C33H24N8/c1-18-19-10-2-4-12-21(19)28(35-18)37-30-23-14-6-8-16-25(23)32(39-30)41-33-26-17-9-7-15-24(26)31(40-33)38-29-22-13-5-3-11-20(22)27(34)36-29/h2-18,40H,1H3,(H2,34,36,38)(H,35,37,39,41). The van der Waals surface area contributed by atoms with Gasteiger partial charge >= 0.3 is 0 Å². The molecule has 0 aliphatic carbocycles. The first-order valence-corrected chi connectivity index (χ1v) is 13.5. The van der Waals surface area contributed by atoms with Crippen LogP contribution in [0.3, 0.4) is 0 Å². The third-order valence-corrected chi connectivity index (χ3v) is 7.65. The number of nitrogens with zero attached hydrogens (tertiary/aromatic N) is 5. The largest absolute Gasteiger partial charge is 0.383 e. The van der Waals surface area contributed by atoms with E-state index in [-0.39, 0.29) is 6.04 Å². The molecule has 5 aromatic rings. The van der Waals surface area contributed by atoms with Gasteiger partial charge in [0.2, 0.25) is 0 Å². The number of fused-ring (bicyclic) bond motifs is 4. The Hall–Kier alpha value is -5.63. The first-order valence-electron chi connectivity index (χ1n) is 13.5. The first-order chi connectivity index (χ1) is 20.1. The molecule has 1 aromatic heterocycles. The Kier molecular flexibility index (Phi) is 5.08. The highest BCUT2D eigenvalue weighted by Gasteiger charge is 2.27. The van der Waals surface area contributed by atoms with Crippen LogP contribution in [-0.2, 0) is 0 Å². The predicted octanol–water partition coefficient (Wildman–Crippen LogP) is 5.91. The molecule has 1 atom stereocenters. The quantitative estimate of drug-likeness (QED) is 0.262. The normalized spacial score (nSPS) is 19.8. The van der Waals surface area contributed by atoms with E-state index in [1.165, 1.54) is 5.56 Å². The summed E-state index contributed by atoms with van der Waals surface area (Å²) in [5, 5.41) is 5.38. The lowest BCUT2D eigenvalue weighted by molar-refractivity contribution is 0.748. The van der Waals surface area contributed by atoms with Gasteiger partial charge in [0.15, 0.2) is 17.5 Å². The summed E-state index contributed by atoms with van der Waals surface area (Å²) in [6.07, 6.45) is 0. The molecule has 1 unspecified atom stereocenters. The van der Waals surface area contributed by atoms with Crippen molar-refractivity contribution in [1.82, 2.24) is 10.3 Å². The average molecular weight is 533 g/mol. The first kappa shape index (κ1) is 23.3. The van der Waals surface area contributed by atoms with Crippen LogP contribution < -0.4 is 11.1 Å². The monoisotopic (exact) mass is 532 g/mol. The molecule has 0 saturated carbocycles. The van der Waals surface area contributed by atoms with Crippen molar-refractivity contribution in [3.63, 3.8) is 0 Å². The van der Waals surface area contributed by atoms with E-state index in [1.54, 1.807) is 0 Å². The Bertz CT molecular complexity index is 2060. The van der Waals surface area contributed by atoms with Crippen LogP contribution in [0.2, 0.25) is 0 Å². The van der Waals surface area contributed by atoms with Crippen LogP contribution in [0.1, 0.15) is 46.3 Å². The highest BCUT2D eigenvalue weighted by molar-refractivity contribution is 6.26. The van der Waals surface area contributed by atoms with Gasteiger partial charge in [0, 0.05) is 38.6 Å². The summed E-state index contributed by atoms with van der Waals surface area (Å²) in [4.78, 5) is 27.8. The fourth-order valence-electron chi connectivity index (χ4n) is 5.67. The van der Waals surface area contributed by atoms with Gasteiger partial charge in [-0.3, -0.25) is 0 Å². The summed E-state index contributed by atoms with van der Waals surface area (Å²) in [7, 11) is 0. The number of nitrogens with two attached hydrogens (primary N) is 1. The molecular weight excluding hydrogens is 508 g/mol. The Balaban J connectivity index is 1.24. The van der Waals surface area contributed by atoms with E-state index in [4.69, 9.17) is 25.7 Å². The molecule has 8 nitrogen and oxygen atoms in total. The van der Waals surface area contributed by atoms with Gasteiger partial charge in [-0.25, -0.2) is 25.0 Å². The zero-order valence-electron chi connectivity index (χ0n) is 22.1. The molecule has 0 radical (unpaired) electrons. The molecular formula is C33H24N8. The molecule has 3 aliphatic heterocycles. The van der Waals surface area contributed by atoms with Crippen LogP contribution in [0.5, 0.6) is 0 Å². The number of nitrogens with one attached hydrogen (secondary N) is 2. The molecule has 0 bridgehead atoms. The third-order valence-electron chi connectivity index (χ3n) is 7.65. The van der Waals surface area contributed by atoms with Crippen LogP contribution in [-0.4, -0.2) is 34.2 Å². The van der Waals surface area contributed by atoms with Crippen LogP contribution >= 0.6 is 0 Å². The summed E-state index contributed by atoms with van der Waals surface area (Å²) < 4.78 is 0. The van der Waals surface area contributed by atoms with Gasteiger partial charge in [-0.2, -0.15) is 0 Å². The Morgan fingerprint density at radius 3 is 1.85 bits per heavy atom. The molecule has 4 aromatic carbocycles. The van der Waals surface area contributed by atoms with Crippen LogP contribution in [0, 0.1) is 0 Å². The fraction of sp³-hybridized carbons (Fsp3) is 0.0606. The van der Waals surface area contributed by atoms with E-state index < -0.39 is 0 Å². The van der Waals surface area contributed by atoms with Gasteiger partial charge in [-0.05, 0) is 12.5 Å². The van der Waals surface area contributed by atoms with Gasteiger partial charge in [-0.15, -0.1) is 0 Å². The fourth-order valence-corrected chi connectivity index (χ4v) is 5.67. The maximum absolute atomic E-state index is 6.18. The van der Waals surface area contributed by atoms with Crippen LogP contribution in [0.15, 0.2) is 122 Å². The molecule has 3 aliphatic rings. The second-order valence-corrected chi connectivity index (χ2v) is 10.2. The summed E-state index contributed by atoms with van der Waals surface area (Å²) in [6, 6.07) is 32.4. The molecule has 4 N–H and O–H groups in total. The molecule has 0 amide bonds. The van der Waals surface area contributed by atoms with Crippen molar-refractivity contribution in [3.05, 3.63) is 130 Å². The van der Waals surface area contributed by atoms with Crippen molar-refractivity contribution >= 4 is 51.6 Å². The van der Waals surface area contributed by atoms with Crippen LogP contribution in [0.4, 0.5) is 11.6 Å². The van der Waals surface area contributed by atoms with Crippen molar-refractivity contribution in [2.75, 3.05) is 0 Å². The van der Waals surface area contributed by atoms with Crippen molar-refractivity contribution in [2.24, 2.45) is 30.7 Å². The number of aromatic nitrogens is 1. The highest BCUT2D eigenvalue weighted by Crippen LogP contribution is 2.36. The van der Waals surface area contributed by atoms with E-state index in [9.17, 15) is 0 Å². The minimum atomic E-state index is 0.187. The Labute approximate surface area is 235 Å². The molecule has 4 heterocycles. The van der Waals surface area contributed by atoms with Crippen molar-refractivity contribution in [1.29, 1.82) is 0 Å². The number of H-pyrrole nitrogens is 1. The second-order valence-electron chi connectivity index (χ2n) is 10.2. The Morgan fingerprint density at radius 2 is 1.15 bits per heavy atom. The van der Waals surface area contributed by atoms with E-state index >= 15 is 0 Å².